The zero-order valence-electron chi connectivity index (χ0n) is 10.5. The highest BCUT2D eigenvalue weighted by molar-refractivity contribution is 5.35. The van der Waals surface area contributed by atoms with Crippen molar-refractivity contribution in [3.63, 3.8) is 0 Å². The van der Waals surface area contributed by atoms with Gasteiger partial charge in [0.1, 0.15) is 17.7 Å². The average Bonchev–Trinajstić information content (AvgIpc) is 2.68. The highest BCUT2D eigenvalue weighted by atomic mass is 19.1. The monoisotopic (exact) mass is 250 g/mol. The first kappa shape index (κ1) is 12.6. The molecule has 4 nitrogen and oxygen atoms in total. The van der Waals surface area contributed by atoms with Gasteiger partial charge in [0.25, 0.3) is 0 Å². The van der Waals surface area contributed by atoms with Crippen LogP contribution in [0, 0.1) is 12.7 Å². The molecule has 0 radical (unpaired) electrons. The third-order valence-electron chi connectivity index (χ3n) is 2.94. The number of aromatic nitrogens is 2. The number of hydrogen-bond donors (Lipinski definition) is 1. The molecular formula is C13H15FN2O2. The standard InChI is InChI=1S/C13H15FN2O2/c1-8-7-15-16(2)12(8)13(17)10-5-4-9(18-3)6-11(10)14/h4-7,13,17H,1-3H3. The molecule has 0 bridgehead atoms. The lowest BCUT2D eigenvalue weighted by Crippen LogP contribution is -2.09. The van der Waals surface area contributed by atoms with E-state index in [1.165, 1.54) is 19.2 Å². The summed E-state index contributed by atoms with van der Waals surface area (Å²) in [7, 11) is 3.18. The van der Waals surface area contributed by atoms with Gasteiger partial charge in [-0.2, -0.15) is 5.10 Å². The molecule has 1 atom stereocenters. The zero-order chi connectivity index (χ0) is 13.3. The lowest BCUT2D eigenvalue weighted by molar-refractivity contribution is 0.203. The van der Waals surface area contributed by atoms with Crippen LogP contribution >= 0.6 is 0 Å². The minimum atomic E-state index is -1.04. The fourth-order valence-corrected chi connectivity index (χ4v) is 1.95. The number of hydrogen-bond acceptors (Lipinski definition) is 3. The molecule has 0 aliphatic rings. The van der Waals surface area contributed by atoms with Crippen molar-refractivity contribution < 1.29 is 14.2 Å². The van der Waals surface area contributed by atoms with Crippen LogP contribution in [0.15, 0.2) is 24.4 Å². The van der Waals surface area contributed by atoms with Gasteiger partial charge in [0.2, 0.25) is 0 Å². The molecule has 96 valence electrons. The van der Waals surface area contributed by atoms with Gasteiger partial charge in [0.05, 0.1) is 19.0 Å². The van der Waals surface area contributed by atoms with Crippen molar-refractivity contribution in [1.82, 2.24) is 9.78 Å². The van der Waals surface area contributed by atoms with E-state index >= 15 is 0 Å². The molecule has 1 aromatic heterocycles. The number of aryl methyl sites for hydroxylation is 2. The van der Waals surface area contributed by atoms with E-state index in [0.29, 0.717) is 11.4 Å². The molecule has 0 aliphatic heterocycles. The number of aliphatic hydroxyl groups is 1. The molecule has 0 saturated heterocycles. The second kappa shape index (κ2) is 4.78. The Morgan fingerprint density at radius 2 is 2.17 bits per heavy atom. The highest BCUT2D eigenvalue weighted by Gasteiger charge is 2.20. The van der Waals surface area contributed by atoms with Gasteiger partial charge in [0.15, 0.2) is 0 Å². The van der Waals surface area contributed by atoms with Gasteiger partial charge in [-0.25, -0.2) is 4.39 Å². The van der Waals surface area contributed by atoms with Crippen molar-refractivity contribution in [2.45, 2.75) is 13.0 Å². The number of nitrogens with zero attached hydrogens (tertiary/aromatic N) is 2. The normalized spacial score (nSPS) is 12.5. The molecule has 1 aromatic carbocycles. The summed E-state index contributed by atoms with van der Waals surface area (Å²) in [4.78, 5) is 0. The van der Waals surface area contributed by atoms with Crippen LogP contribution in [0.5, 0.6) is 5.75 Å². The van der Waals surface area contributed by atoms with Gasteiger partial charge in [-0.1, -0.05) is 0 Å². The molecule has 2 aromatic rings. The van der Waals surface area contributed by atoms with E-state index in [0.717, 1.165) is 5.56 Å². The summed E-state index contributed by atoms with van der Waals surface area (Å²) < 4.78 is 20.3. The molecular weight excluding hydrogens is 235 g/mol. The summed E-state index contributed by atoms with van der Waals surface area (Å²) in [5.74, 6) is -0.0763. The average molecular weight is 250 g/mol. The number of rotatable bonds is 3. The van der Waals surface area contributed by atoms with Crippen LogP contribution in [0.2, 0.25) is 0 Å². The molecule has 0 amide bonds. The summed E-state index contributed by atoms with van der Waals surface area (Å²) in [5, 5.41) is 14.3. The Balaban J connectivity index is 2.43. The number of ether oxygens (including phenoxy) is 1. The Morgan fingerprint density at radius 3 is 2.67 bits per heavy atom. The topological polar surface area (TPSA) is 47.3 Å². The van der Waals surface area contributed by atoms with E-state index in [4.69, 9.17) is 4.74 Å². The van der Waals surface area contributed by atoms with Gasteiger partial charge in [-0.3, -0.25) is 4.68 Å². The Morgan fingerprint density at radius 1 is 1.44 bits per heavy atom. The van der Waals surface area contributed by atoms with E-state index in [1.54, 1.807) is 24.0 Å². The highest BCUT2D eigenvalue weighted by Crippen LogP contribution is 2.28. The molecule has 2 rings (SSSR count). The first-order valence-corrected chi connectivity index (χ1v) is 5.54. The second-order valence-corrected chi connectivity index (χ2v) is 4.13. The maximum absolute atomic E-state index is 13.9. The summed E-state index contributed by atoms with van der Waals surface area (Å²) in [6, 6.07) is 4.39. The molecule has 1 unspecified atom stereocenters. The summed E-state index contributed by atoms with van der Waals surface area (Å²) in [5.41, 5.74) is 1.61. The Bertz CT molecular complexity index is 547. The minimum Gasteiger partial charge on any atom is -0.497 e. The first-order valence-electron chi connectivity index (χ1n) is 5.54. The van der Waals surface area contributed by atoms with Gasteiger partial charge in [-0.15, -0.1) is 0 Å². The Hall–Kier alpha value is -1.88. The Kier molecular flexibility index (Phi) is 3.34. The fourth-order valence-electron chi connectivity index (χ4n) is 1.95. The van der Waals surface area contributed by atoms with Crippen LogP contribution in [0.1, 0.15) is 22.9 Å². The van der Waals surface area contributed by atoms with Crippen LogP contribution in [0.25, 0.3) is 0 Å². The third kappa shape index (κ3) is 2.09. The van der Waals surface area contributed by atoms with Crippen LogP contribution in [-0.2, 0) is 7.05 Å². The van der Waals surface area contributed by atoms with E-state index in [-0.39, 0.29) is 5.56 Å². The van der Waals surface area contributed by atoms with Crippen LogP contribution in [0.4, 0.5) is 4.39 Å². The Labute approximate surface area is 105 Å². The van der Waals surface area contributed by atoms with Crippen molar-refractivity contribution in [3.8, 4) is 5.75 Å². The quantitative estimate of drug-likeness (QED) is 0.905. The number of aliphatic hydroxyl groups excluding tert-OH is 1. The van der Waals surface area contributed by atoms with Crippen molar-refractivity contribution in [2.24, 2.45) is 7.05 Å². The predicted octanol–water partition coefficient (Wildman–Crippen LogP) is 1.96. The SMILES string of the molecule is COc1ccc(C(O)c2c(C)cnn2C)c(F)c1. The smallest absolute Gasteiger partial charge is 0.133 e. The van der Waals surface area contributed by atoms with Crippen LogP contribution < -0.4 is 4.74 Å². The van der Waals surface area contributed by atoms with Gasteiger partial charge in [-0.05, 0) is 24.6 Å². The molecule has 0 spiro atoms. The van der Waals surface area contributed by atoms with E-state index in [1.807, 2.05) is 6.92 Å². The van der Waals surface area contributed by atoms with E-state index in [9.17, 15) is 9.50 Å². The molecule has 1 heterocycles. The maximum Gasteiger partial charge on any atom is 0.133 e. The van der Waals surface area contributed by atoms with E-state index < -0.39 is 11.9 Å². The number of halogens is 1. The summed E-state index contributed by atoms with van der Waals surface area (Å²) in [6.45, 7) is 1.83. The molecule has 1 N–H and O–H groups in total. The van der Waals surface area contributed by atoms with Crippen molar-refractivity contribution in [3.05, 3.63) is 47.0 Å². The largest absolute Gasteiger partial charge is 0.497 e. The van der Waals surface area contributed by atoms with Gasteiger partial charge >= 0.3 is 0 Å². The predicted molar refractivity (Wildman–Crippen MR) is 65.0 cm³/mol. The van der Waals surface area contributed by atoms with Crippen LogP contribution in [-0.4, -0.2) is 22.0 Å². The zero-order valence-corrected chi connectivity index (χ0v) is 10.5. The number of methoxy groups -OCH3 is 1. The van der Waals surface area contributed by atoms with E-state index in [2.05, 4.69) is 5.10 Å². The maximum atomic E-state index is 13.9. The molecule has 5 heteroatoms. The lowest BCUT2D eigenvalue weighted by Gasteiger charge is -2.14. The molecule has 0 aliphatic carbocycles. The van der Waals surface area contributed by atoms with Crippen molar-refractivity contribution in [1.29, 1.82) is 0 Å². The molecule has 0 saturated carbocycles. The van der Waals surface area contributed by atoms with Gasteiger partial charge < -0.3 is 9.84 Å². The lowest BCUT2D eigenvalue weighted by atomic mass is 10.0. The number of benzene rings is 1. The molecule has 0 fully saturated rings. The molecule has 18 heavy (non-hydrogen) atoms. The third-order valence-corrected chi connectivity index (χ3v) is 2.94. The summed E-state index contributed by atoms with van der Waals surface area (Å²) >= 11 is 0. The first-order chi connectivity index (χ1) is 8.54. The second-order valence-electron chi connectivity index (χ2n) is 4.13. The van der Waals surface area contributed by atoms with Crippen molar-refractivity contribution in [2.75, 3.05) is 7.11 Å². The van der Waals surface area contributed by atoms with Crippen LogP contribution in [0.3, 0.4) is 0 Å². The minimum absolute atomic E-state index is 0.211. The van der Waals surface area contributed by atoms with Gasteiger partial charge in [0, 0.05) is 18.7 Å². The summed E-state index contributed by atoms with van der Waals surface area (Å²) in [6.07, 6.45) is 0.600. The fraction of sp³-hybridized carbons (Fsp3) is 0.308. The van der Waals surface area contributed by atoms with Crippen molar-refractivity contribution >= 4 is 0 Å².